The summed E-state index contributed by atoms with van der Waals surface area (Å²) in [5, 5.41) is 1.32. The van der Waals surface area contributed by atoms with Crippen LogP contribution < -0.4 is 9.47 Å². The minimum absolute atomic E-state index is 0.146. The SMILES string of the molecule is Cc1c(OC(=O)c2ccc(Cl)cc2)ccc2c1O/C(=C\c1ccc(Cl)c(Cl)c1)C2=O. The lowest BCUT2D eigenvalue weighted by Crippen LogP contribution is -2.09. The van der Waals surface area contributed by atoms with Crippen LogP contribution in [0.5, 0.6) is 11.5 Å². The number of ether oxygens (including phenoxy) is 2. The van der Waals surface area contributed by atoms with Gasteiger partial charge in [-0.2, -0.15) is 0 Å². The summed E-state index contributed by atoms with van der Waals surface area (Å²) in [4.78, 5) is 25.1. The van der Waals surface area contributed by atoms with Crippen molar-refractivity contribution in [1.82, 2.24) is 0 Å². The number of esters is 1. The Morgan fingerprint density at radius 3 is 2.40 bits per heavy atom. The van der Waals surface area contributed by atoms with E-state index in [4.69, 9.17) is 44.3 Å². The van der Waals surface area contributed by atoms with Gasteiger partial charge in [0.1, 0.15) is 11.5 Å². The molecule has 0 unspecified atom stereocenters. The van der Waals surface area contributed by atoms with E-state index in [1.165, 1.54) is 0 Å². The second-order valence-corrected chi connectivity index (χ2v) is 7.83. The zero-order valence-electron chi connectivity index (χ0n) is 15.5. The van der Waals surface area contributed by atoms with Gasteiger partial charge in [0.2, 0.25) is 5.78 Å². The van der Waals surface area contributed by atoms with E-state index < -0.39 is 5.97 Å². The molecule has 0 N–H and O–H groups in total. The first kappa shape index (κ1) is 20.5. The quantitative estimate of drug-likeness (QED) is 0.246. The zero-order valence-corrected chi connectivity index (χ0v) is 17.8. The largest absolute Gasteiger partial charge is 0.452 e. The average molecular weight is 460 g/mol. The average Bonchev–Trinajstić information content (AvgIpc) is 3.04. The highest BCUT2D eigenvalue weighted by Crippen LogP contribution is 2.39. The van der Waals surface area contributed by atoms with E-state index in [9.17, 15) is 9.59 Å². The lowest BCUT2D eigenvalue weighted by molar-refractivity contribution is 0.0733. The first-order valence-electron chi connectivity index (χ1n) is 8.84. The van der Waals surface area contributed by atoms with E-state index in [0.717, 1.165) is 0 Å². The number of halogens is 3. The number of fused-ring (bicyclic) bond motifs is 1. The van der Waals surface area contributed by atoms with E-state index in [1.807, 2.05) is 0 Å². The Hall–Kier alpha value is -2.79. The molecule has 4 rings (SSSR count). The van der Waals surface area contributed by atoms with Crippen LogP contribution in [-0.2, 0) is 0 Å². The van der Waals surface area contributed by atoms with Crippen LogP contribution in [0.2, 0.25) is 15.1 Å². The summed E-state index contributed by atoms with van der Waals surface area (Å²) in [6.07, 6.45) is 1.59. The van der Waals surface area contributed by atoms with Crippen LogP contribution in [0, 0.1) is 6.92 Å². The van der Waals surface area contributed by atoms with Gasteiger partial charge in [0.15, 0.2) is 5.76 Å². The molecule has 30 heavy (non-hydrogen) atoms. The van der Waals surface area contributed by atoms with Crippen molar-refractivity contribution in [3.63, 3.8) is 0 Å². The summed E-state index contributed by atoms with van der Waals surface area (Å²) < 4.78 is 11.3. The van der Waals surface area contributed by atoms with Crippen molar-refractivity contribution in [3.8, 4) is 11.5 Å². The van der Waals surface area contributed by atoms with E-state index in [1.54, 1.807) is 67.6 Å². The molecule has 0 bridgehead atoms. The first-order chi connectivity index (χ1) is 14.3. The number of allylic oxidation sites excluding steroid dienone is 1. The van der Waals surface area contributed by atoms with Gasteiger partial charge >= 0.3 is 5.97 Å². The molecule has 1 aliphatic heterocycles. The second-order valence-electron chi connectivity index (χ2n) is 6.58. The lowest BCUT2D eigenvalue weighted by atomic mass is 10.1. The fourth-order valence-corrected chi connectivity index (χ4v) is 3.41. The van der Waals surface area contributed by atoms with Gasteiger partial charge in [-0.1, -0.05) is 40.9 Å². The van der Waals surface area contributed by atoms with Crippen molar-refractivity contribution in [1.29, 1.82) is 0 Å². The molecule has 1 heterocycles. The van der Waals surface area contributed by atoms with Crippen molar-refractivity contribution in [2.45, 2.75) is 6.92 Å². The van der Waals surface area contributed by atoms with Crippen LogP contribution in [0.15, 0.2) is 60.4 Å². The molecule has 0 saturated carbocycles. The van der Waals surface area contributed by atoms with Gasteiger partial charge in [-0.3, -0.25) is 4.79 Å². The summed E-state index contributed by atoms with van der Waals surface area (Å²) in [6.45, 7) is 1.72. The van der Waals surface area contributed by atoms with Gasteiger partial charge in [-0.25, -0.2) is 4.79 Å². The highest BCUT2D eigenvalue weighted by Gasteiger charge is 2.30. The van der Waals surface area contributed by atoms with E-state index in [2.05, 4.69) is 0 Å². The van der Waals surface area contributed by atoms with Gasteiger partial charge < -0.3 is 9.47 Å². The van der Waals surface area contributed by atoms with E-state index >= 15 is 0 Å². The molecular weight excluding hydrogens is 447 g/mol. The van der Waals surface area contributed by atoms with Crippen molar-refractivity contribution < 1.29 is 19.1 Å². The number of carbonyl (C=O) groups excluding carboxylic acids is 2. The Kier molecular flexibility index (Phi) is 5.56. The second kappa shape index (κ2) is 8.15. The minimum atomic E-state index is -0.536. The molecule has 150 valence electrons. The first-order valence-corrected chi connectivity index (χ1v) is 9.97. The maximum Gasteiger partial charge on any atom is 0.343 e. The van der Waals surface area contributed by atoms with Gasteiger partial charge in [-0.05, 0) is 67.1 Å². The highest BCUT2D eigenvalue weighted by molar-refractivity contribution is 6.42. The molecule has 0 aliphatic carbocycles. The van der Waals surface area contributed by atoms with E-state index in [-0.39, 0.29) is 11.5 Å². The number of carbonyl (C=O) groups is 2. The van der Waals surface area contributed by atoms with Crippen LogP contribution >= 0.6 is 34.8 Å². The van der Waals surface area contributed by atoms with Gasteiger partial charge in [0.05, 0.1) is 21.2 Å². The van der Waals surface area contributed by atoms with Crippen LogP contribution in [0.3, 0.4) is 0 Å². The molecule has 0 spiro atoms. The fraction of sp³-hybridized carbons (Fsp3) is 0.0435. The summed E-state index contributed by atoms with van der Waals surface area (Å²) >= 11 is 17.8. The number of ketones is 1. The van der Waals surface area contributed by atoms with Crippen LogP contribution in [0.25, 0.3) is 6.08 Å². The van der Waals surface area contributed by atoms with Crippen LogP contribution in [0.1, 0.15) is 31.8 Å². The van der Waals surface area contributed by atoms with Crippen molar-refractivity contribution in [2.24, 2.45) is 0 Å². The predicted molar refractivity (Wildman–Crippen MR) is 117 cm³/mol. The Bertz CT molecular complexity index is 1210. The highest BCUT2D eigenvalue weighted by atomic mass is 35.5. The lowest BCUT2D eigenvalue weighted by Gasteiger charge is -2.10. The molecule has 7 heteroatoms. The third-order valence-corrected chi connectivity index (χ3v) is 5.55. The van der Waals surface area contributed by atoms with Crippen molar-refractivity contribution in [3.05, 3.63) is 97.7 Å². The molecule has 0 atom stereocenters. The maximum absolute atomic E-state index is 12.7. The Balaban J connectivity index is 1.61. The normalized spacial score (nSPS) is 13.9. The van der Waals surface area contributed by atoms with Gasteiger partial charge in [0.25, 0.3) is 0 Å². The monoisotopic (exact) mass is 458 g/mol. The zero-order chi connectivity index (χ0) is 21.4. The summed E-state index contributed by atoms with van der Waals surface area (Å²) in [5.41, 5.74) is 1.97. The van der Waals surface area contributed by atoms with Crippen LogP contribution in [-0.4, -0.2) is 11.8 Å². The van der Waals surface area contributed by atoms with Crippen LogP contribution in [0.4, 0.5) is 0 Å². The molecular formula is C23H13Cl3O4. The number of rotatable bonds is 3. The smallest absolute Gasteiger partial charge is 0.343 e. The predicted octanol–water partition coefficient (Wildman–Crippen LogP) is 6.79. The fourth-order valence-electron chi connectivity index (χ4n) is 2.98. The Morgan fingerprint density at radius 2 is 1.70 bits per heavy atom. The number of hydrogen-bond acceptors (Lipinski definition) is 4. The molecule has 4 nitrogen and oxygen atoms in total. The Morgan fingerprint density at radius 1 is 0.967 bits per heavy atom. The molecule has 1 aliphatic rings. The molecule has 3 aromatic carbocycles. The summed E-state index contributed by atoms with van der Waals surface area (Å²) in [7, 11) is 0. The van der Waals surface area contributed by atoms with Crippen molar-refractivity contribution in [2.75, 3.05) is 0 Å². The molecule has 0 aromatic heterocycles. The molecule has 0 fully saturated rings. The topological polar surface area (TPSA) is 52.6 Å². The van der Waals surface area contributed by atoms with Crippen molar-refractivity contribution >= 4 is 52.6 Å². The molecule has 0 saturated heterocycles. The molecule has 0 amide bonds. The number of Topliss-reactive ketones (excluding diaryl/α,β-unsaturated/α-hetero) is 1. The minimum Gasteiger partial charge on any atom is -0.452 e. The standard InChI is InChI=1S/C23H13Cl3O4/c1-12-19(30-23(28)14-3-5-15(24)6-4-14)9-7-16-21(27)20(29-22(12)16)11-13-2-8-17(25)18(26)10-13/h2-11H,1H3/b20-11-. The molecule has 3 aromatic rings. The van der Waals surface area contributed by atoms with E-state index in [0.29, 0.717) is 48.8 Å². The third kappa shape index (κ3) is 3.94. The summed E-state index contributed by atoms with van der Waals surface area (Å²) in [5.74, 6) is -0.00182. The summed E-state index contributed by atoms with van der Waals surface area (Å²) in [6, 6.07) is 14.5. The number of hydrogen-bond donors (Lipinski definition) is 0. The number of benzene rings is 3. The maximum atomic E-state index is 12.7. The Labute approximate surface area is 187 Å². The van der Waals surface area contributed by atoms with Gasteiger partial charge in [-0.15, -0.1) is 0 Å². The van der Waals surface area contributed by atoms with Gasteiger partial charge in [0, 0.05) is 10.6 Å². The molecule has 0 radical (unpaired) electrons. The third-order valence-electron chi connectivity index (χ3n) is 4.56.